The highest BCUT2D eigenvalue weighted by Gasteiger charge is 2.13. The van der Waals surface area contributed by atoms with E-state index >= 15 is 0 Å². The maximum absolute atomic E-state index is 6.10. The molecule has 1 N–H and O–H groups in total. The molecular formula is C15H16Cl2N2. The van der Waals surface area contributed by atoms with E-state index in [1.54, 1.807) is 6.20 Å². The SMILES string of the molecule is CNCC(Cc1cccnc1)c1ccc(Cl)c(Cl)c1. The third-order valence-corrected chi connectivity index (χ3v) is 3.81. The molecule has 0 saturated heterocycles. The Morgan fingerprint density at radius 1 is 1.21 bits per heavy atom. The van der Waals surface area contributed by atoms with E-state index in [0.717, 1.165) is 13.0 Å². The van der Waals surface area contributed by atoms with Gasteiger partial charge in [-0.2, -0.15) is 0 Å². The number of hydrogen-bond acceptors (Lipinski definition) is 2. The lowest BCUT2D eigenvalue weighted by Gasteiger charge is -2.17. The quantitative estimate of drug-likeness (QED) is 0.904. The van der Waals surface area contributed by atoms with Gasteiger partial charge in [-0.15, -0.1) is 0 Å². The first-order valence-electron chi connectivity index (χ1n) is 6.19. The molecule has 4 heteroatoms. The first-order chi connectivity index (χ1) is 9.20. The lowest BCUT2D eigenvalue weighted by atomic mass is 9.92. The van der Waals surface area contributed by atoms with Gasteiger partial charge in [0.15, 0.2) is 0 Å². The number of likely N-dealkylation sites (N-methyl/N-ethyl adjacent to an activating group) is 1. The summed E-state index contributed by atoms with van der Waals surface area (Å²) in [6, 6.07) is 9.88. The van der Waals surface area contributed by atoms with E-state index in [-0.39, 0.29) is 0 Å². The van der Waals surface area contributed by atoms with E-state index in [9.17, 15) is 0 Å². The topological polar surface area (TPSA) is 24.9 Å². The molecule has 100 valence electrons. The summed E-state index contributed by atoms with van der Waals surface area (Å²) >= 11 is 12.1. The number of hydrogen-bond donors (Lipinski definition) is 1. The highest BCUT2D eigenvalue weighted by atomic mass is 35.5. The molecular weight excluding hydrogens is 279 g/mol. The van der Waals surface area contributed by atoms with Crippen LogP contribution in [0.15, 0.2) is 42.7 Å². The van der Waals surface area contributed by atoms with Crippen molar-refractivity contribution >= 4 is 23.2 Å². The van der Waals surface area contributed by atoms with E-state index in [0.29, 0.717) is 16.0 Å². The van der Waals surface area contributed by atoms with Crippen molar-refractivity contribution in [3.8, 4) is 0 Å². The van der Waals surface area contributed by atoms with E-state index in [2.05, 4.69) is 16.4 Å². The summed E-state index contributed by atoms with van der Waals surface area (Å²) < 4.78 is 0. The monoisotopic (exact) mass is 294 g/mol. The molecule has 19 heavy (non-hydrogen) atoms. The van der Waals surface area contributed by atoms with Gasteiger partial charge in [-0.05, 0) is 42.8 Å². The fourth-order valence-corrected chi connectivity index (χ4v) is 2.43. The molecule has 0 aliphatic carbocycles. The Balaban J connectivity index is 2.21. The van der Waals surface area contributed by atoms with E-state index in [4.69, 9.17) is 23.2 Å². The van der Waals surface area contributed by atoms with Gasteiger partial charge in [0.2, 0.25) is 0 Å². The number of aromatic nitrogens is 1. The molecule has 1 unspecified atom stereocenters. The van der Waals surface area contributed by atoms with Crippen LogP contribution in [-0.4, -0.2) is 18.6 Å². The number of rotatable bonds is 5. The number of pyridine rings is 1. The standard InChI is InChI=1S/C15H16Cl2N2/c1-18-10-13(7-11-3-2-6-19-9-11)12-4-5-14(16)15(17)8-12/h2-6,8-9,13,18H,7,10H2,1H3. The molecule has 0 amide bonds. The van der Waals surface area contributed by atoms with Crippen molar-refractivity contribution in [1.29, 1.82) is 0 Å². The van der Waals surface area contributed by atoms with Gasteiger partial charge < -0.3 is 5.32 Å². The normalized spacial score (nSPS) is 12.4. The van der Waals surface area contributed by atoms with Crippen molar-refractivity contribution < 1.29 is 0 Å². The average molecular weight is 295 g/mol. The second kappa shape index (κ2) is 6.90. The minimum absolute atomic E-state index is 0.351. The lowest BCUT2D eigenvalue weighted by Crippen LogP contribution is -2.19. The smallest absolute Gasteiger partial charge is 0.0595 e. The Hall–Kier alpha value is -1.09. The molecule has 0 aliphatic rings. The van der Waals surface area contributed by atoms with Gasteiger partial charge in [-0.3, -0.25) is 4.98 Å². The number of nitrogens with one attached hydrogen (secondary N) is 1. The number of halogens is 2. The van der Waals surface area contributed by atoms with Crippen LogP contribution in [0, 0.1) is 0 Å². The van der Waals surface area contributed by atoms with Crippen LogP contribution in [0.25, 0.3) is 0 Å². The van der Waals surface area contributed by atoms with E-state index < -0.39 is 0 Å². The lowest BCUT2D eigenvalue weighted by molar-refractivity contribution is 0.625. The van der Waals surface area contributed by atoms with Gasteiger partial charge in [-0.1, -0.05) is 35.3 Å². The van der Waals surface area contributed by atoms with Crippen LogP contribution < -0.4 is 5.32 Å². The van der Waals surface area contributed by atoms with Crippen LogP contribution in [-0.2, 0) is 6.42 Å². The minimum Gasteiger partial charge on any atom is -0.319 e. The summed E-state index contributed by atoms with van der Waals surface area (Å²) in [6.07, 6.45) is 4.61. The number of benzene rings is 1. The molecule has 2 nitrogen and oxygen atoms in total. The first-order valence-corrected chi connectivity index (χ1v) is 6.94. The van der Waals surface area contributed by atoms with Gasteiger partial charge in [0, 0.05) is 24.9 Å². The van der Waals surface area contributed by atoms with Crippen molar-refractivity contribution in [3.05, 3.63) is 63.9 Å². The summed E-state index contributed by atoms with van der Waals surface area (Å²) in [7, 11) is 1.95. The van der Waals surface area contributed by atoms with Gasteiger partial charge in [0.05, 0.1) is 10.0 Å². The molecule has 0 aliphatic heterocycles. The molecule has 0 fully saturated rings. The Morgan fingerprint density at radius 2 is 2.05 bits per heavy atom. The van der Waals surface area contributed by atoms with Gasteiger partial charge in [0.1, 0.15) is 0 Å². The summed E-state index contributed by atoms with van der Waals surface area (Å²) in [6.45, 7) is 0.882. The van der Waals surface area contributed by atoms with Crippen molar-refractivity contribution in [2.45, 2.75) is 12.3 Å². The van der Waals surface area contributed by atoms with Crippen molar-refractivity contribution in [2.75, 3.05) is 13.6 Å². The fraction of sp³-hybridized carbons (Fsp3) is 0.267. The highest BCUT2D eigenvalue weighted by molar-refractivity contribution is 6.42. The Bertz CT molecular complexity index is 529. The average Bonchev–Trinajstić information content (AvgIpc) is 2.43. The van der Waals surface area contributed by atoms with Crippen LogP contribution >= 0.6 is 23.2 Å². The third-order valence-electron chi connectivity index (χ3n) is 3.07. The zero-order chi connectivity index (χ0) is 13.7. The molecule has 1 atom stereocenters. The fourth-order valence-electron chi connectivity index (χ4n) is 2.12. The van der Waals surface area contributed by atoms with Crippen LogP contribution in [0.5, 0.6) is 0 Å². The van der Waals surface area contributed by atoms with Crippen molar-refractivity contribution in [1.82, 2.24) is 10.3 Å². The molecule has 0 radical (unpaired) electrons. The molecule has 1 heterocycles. The Labute approximate surface area is 123 Å². The van der Waals surface area contributed by atoms with Crippen LogP contribution in [0.3, 0.4) is 0 Å². The van der Waals surface area contributed by atoms with Gasteiger partial charge in [-0.25, -0.2) is 0 Å². The maximum Gasteiger partial charge on any atom is 0.0595 e. The Kier molecular flexibility index (Phi) is 5.20. The second-order valence-electron chi connectivity index (χ2n) is 4.49. The highest BCUT2D eigenvalue weighted by Crippen LogP contribution is 2.28. The molecule has 2 aromatic rings. The van der Waals surface area contributed by atoms with Gasteiger partial charge in [0.25, 0.3) is 0 Å². The third kappa shape index (κ3) is 3.93. The molecule has 1 aromatic heterocycles. The molecule has 2 rings (SSSR count). The molecule has 0 spiro atoms. The van der Waals surface area contributed by atoms with E-state index in [1.807, 2.05) is 37.5 Å². The van der Waals surface area contributed by atoms with Gasteiger partial charge >= 0.3 is 0 Å². The minimum atomic E-state index is 0.351. The van der Waals surface area contributed by atoms with Crippen LogP contribution in [0.4, 0.5) is 0 Å². The predicted molar refractivity (Wildman–Crippen MR) is 81.1 cm³/mol. The summed E-state index contributed by atoms with van der Waals surface area (Å²) in [5.41, 5.74) is 2.40. The summed E-state index contributed by atoms with van der Waals surface area (Å²) in [5, 5.41) is 4.42. The maximum atomic E-state index is 6.10. The molecule has 0 saturated carbocycles. The molecule has 1 aromatic carbocycles. The zero-order valence-electron chi connectivity index (χ0n) is 10.7. The first kappa shape index (κ1) is 14.3. The Morgan fingerprint density at radius 3 is 2.68 bits per heavy atom. The molecule has 0 bridgehead atoms. The summed E-state index contributed by atoms with van der Waals surface area (Å²) in [5.74, 6) is 0.351. The zero-order valence-corrected chi connectivity index (χ0v) is 12.2. The van der Waals surface area contributed by atoms with Crippen molar-refractivity contribution in [3.63, 3.8) is 0 Å². The second-order valence-corrected chi connectivity index (χ2v) is 5.31. The predicted octanol–water partition coefficient (Wildman–Crippen LogP) is 3.93. The number of nitrogens with zero attached hydrogens (tertiary/aromatic N) is 1. The van der Waals surface area contributed by atoms with Crippen LogP contribution in [0.1, 0.15) is 17.0 Å². The van der Waals surface area contributed by atoms with Crippen molar-refractivity contribution in [2.24, 2.45) is 0 Å². The largest absolute Gasteiger partial charge is 0.319 e. The van der Waals surface area contributed by atoms with Crippen LogP contribution in [0.2, 0.25) is 10.0 Å². The summed E-state index contributed by atoms with van der Waals surface area (Å²) in [4.78, 5) is 4.16. The van der Waals surface area contributed by atoms with E-state index in [1.165, 1.54) is 11.1 Å².